The monoisotopic (exact) mass is 764 g/mol. The van der Waals surface area contributed by atoms with Gasteiger partial charge in [0.25, 0.3) is 0 Å². The third-order valence-electron chi connectivity index (χ3n) is 7.97. The van der Waals surface area contributed by atoms with E-state index in [0.29, 0.717) is 0 Å². The molecule has 0 aromatic rings. The normalized spacial score (nSPS) is 9.86. The van der Waals surface area contributed by atoms with Crippen molar-refractivity contribution < 1.29 is 83.6 Å². The molecule has 0 saturated heterocycles. The summed E-state index contributed by atoms with van der Waals surface area (Å²) in [5, 5.41) is 20.4. The molecule has 0 fully saturated rings. The van der Waals surface area contributed by atoms with Crippen molar-refractivity contribution >= 4 is 11.9 Å². The molecule has 0 bridgehead atoms. The van der Waals surface area contributed by atoms with Crippen molar-refractivity contribution in [3.8, 4) is 0 Å². The summed E-state index contributed by atoms with van der Waals surface area (Å²) < 4.78 is 0. The molecular weight excluding hydrogens is 698 g/mol. The predicted octanol–water partition coefficient (Wildman–Crippen LogP) is 4.00. The van der Waals surface area contributed by atoms with E-state index in [0.717, 1.165) is 25.7 Å². The average molecular weight is 769 g/mol. The van der Waals surface area contributed by atoms with Gasteiger partial charge in [0.2, 0.25) is 0 Å². The first-order valence-corrected chi connectivity index (χ1v) is 17.9. The van der Waals surface area contributed by atoms with E-state index in [4.69, 9.17) is 0 Å². The molecule has 0 unspecified atom stereocenters. The van der Waals surface area contributed by atoms with Gasteiger partial charge in [0, 0.05) is 11.9 Å². The minimum atomic E-state index is -0.903. The maximum atomic E-state index is 10.2. The van der Waals surface area contributed by atoms with Gasteiger partial charge in [0.15, 0.2) is 0 Å². The van der Waals surface area contributed by atoms with E-state index in [9.17, 15) is 19.8 Å². The van der Waals surface area contributed by atoms with Crippen molar-refractivity contribution in [3.63, 3.8) is 0 Å². The molecule has 4 nitrogen and oxygen atoms in total. The molecule has 0 amide bonds. The molecule has 0 spiro atoms. The molecule has 0 aromatic carbocycles. The summed E-state index contributed by atoms with van der Waals surface area (Å²) in [4.78, 5) is 20.4. The zero-order valence-electron chi connectivity index (χ0n) is 29.4. The Bertz CT molecular complexity index is 471. The number of halogens is 2. The van der Waals surface area contributed by atoms with Gasteiger partial charge >= 0.3 is 39.0 Å². The van der Waals surface area contributed by atoms with E-state index >= 15 is 0 Å². The Kier molecular flexibility index (Phi) is 69.1. The van der Waals surface area contributed by atoms with Crippen molar-refractivity contribution in [2.75, 3.05) is 0 Å². The number of carbonyl (C=O) groups excluding carboxylic acids is 2. The first kappa shape index (κ1) is 57.1. The summed E-state index contributed by atoms with van der Waals surface area (Å²) in [6.45, 7) is 4.53. The summed E-state index contributed by atoms with van der Waals surface area (Å²) in [5.41, 5.74) is 0. The fourth-order valence-corrected chi connectivity index (χ4v) is 5.28. The predicted molar refractivity (Wildman–Crippen MR) is 169 cm³/mol. The van der Waals surface area contributed by atoms with Gasteiger partial charge in [0.1, 0.15) is 0 Å². The van der Waals surface area contributed by atoms with Crippen LogP contribution in [0.3, 0.4) is 0 Å². The van der Waals surface area contributed by atoms with Crippen LogP contribution >= 0.6 is 0 Å². The van der Waals surface area contributed by atoms with Crippen LogP contribution in [0.2, 0.25) is 0 Å². The van der Waals surface area contributed by atoms with Crippen LogP contribution in [0.4, 0.5) is 0 Å². The topological polar surface area (TPSA) is 80.3 Å². The Balaban J connectivity index is -0.000000150. The molecule has 0 heterocycles. The van der Waals surface area contributed by atoms with Gasteiger partial charge in [-0.05, 0) is 25.7 Å². The van der Waals surface area contributed by atoms with Crippen molar-refractivity contribution in [2.45, 2.75) is 219 Å². The Labute approximate surface area is 313 Å². The molecule has 0 radical (unpaired) electrons. The second-order valence-electron chi connectivity index (χ2n) is 12.1. The molecule has 44 heavy (non-hydrogen) atoms. The second-order valence-corrected chi connectivity index (χ2v) is 12.1. The maximum absolute atomic E-state index is 10.2. The van der Waals surface area contributed by atoms with Gasteiger partial charge < -0.3 is 44.6 Å². The van der Waals surface area contributed by atoms with E-state index in [2.05, 4.69) is 13.8 Å². The number of aliphatic carboxylic acids is 2. The van der Waals surface area contributed by atoms with Crippen LogP contribution in [0.5, 0.6) is 0 Å². The van der Waals surface area contributed by atoms with E-state index in [-0.39, 0.29) is 76.6 Å². The van der Waals surface area contributed by atoms with Crippen LogP contribution in [0.25, 0.3) is 0 Å². The summed E-state index contributed by atoms with van der Waals surface area (Å²) in [7, 11) is 0. The Morgan fingerprint density at radius 2 is 0.455 bits per heavy atom. The van der Waals surface area contributed by atoms with Crippen LogP contribution in [-0.4, -0.2) is 11.9 Å². The largest absolute Gasteiger partial charge is 2.00 e. The van der Waals surface area contributed by atoms with Crippen molar-refractivity contribution in [1.29, 1.82) is 0 Å². The van der Waals surface area contributed by atoms with Crippen LogP contribution in [0.1, 0.15) is 219 Å². The van der Waals surface area contributed by atoms with Crippen molar-refractivity contribution in [1.82, 2.24) is 0 Å². The summed E-state index contributed by atoms with van der Waals surface area (Å²) in [6.07, 6.45) is 39.7. The zero-order valence-corrected chi connectivity index (χ0v) is 36.9. The third kappa shape index (κ3) is 61.7. The van der Waals surface area contributed by atoms with Crippen molar-refractivity contribution in [3.05, 3.63) is 0 Å². The summed E-state index contributed by atoms with van der Waals surface area (Å²) in [6, 6.07) is 0. The molecular formula is C36H70Cl2O4Zn2. The molecule has 256 valence electrons. The first-order chi connectivity index (χ1) is 19.5. The van der Waals surface area contributed by atoms with Crippen LogP contribution in [0.15, 0.2) is 0 Å². The Morgan fingerprint density at radius 1 is 0.318 bits per heavy atom. The quantitative estimate of drug-likeness (QED) is 0.0767. The second kappa shape index (κ2) is 53.3. The van der Waals surface area contributed by atoms with E-state index in [1.165, 1.54) is 167 Å². The minimum absolute atomic E-state index is 0. The number of carboxylic acids is 2. The van der Waals surface area contributed by atoms with Gasteiger partial charge in [-0.2, -0.15) is 0 Å². The van der Waals surface area contributed by atoms with Crippen LogP contribution in [0, 0.1) is 0 Å². The molecule has 8 heteroatoms. The number of carbonyl (C=O) groups is 2. The summed E-state index contributed by atoms with van der Waals surface area (Å²) in [5.74, 6) is -1.81. The molecule has 0 N–H and O–H groups in total. The molecule has 0 saturated carbocycles. The van der Waals surface area contributed by atoms with Gasteiger partial charge in [-0.15, -0.1) is 0 Å². The number of rotatable bonds is 32. The number of hydrogen-bond donors (Lipinski definition) is 0. The average Bonchev–Trinajstić information content (AvgIpc) is 2.93. The van der Waals surface area contributed by atoms with Gasteiger partial charge in [-0.25, -0.2) is 0 Å². The number of unbranched alkanes of at least 4 members (excludes halogenated alkanes) is 28. The fourth-order valence-electron chi connectivity index (χ4n) is 5.28. The molecule has 0 aliphatic heterocycles. The van der Waals surface area contributed by atoms with Gasteiger partial charge in [0.05, 0.1) is 0 Å². The number of carboxylic acid groups (broad SMARTS) is 2. The van der Waals surface area contributed by atoms with E-state index in [1.807, 2.05) is 0 Å². The van der Waals surface area contributed by atoms with Gasteiger partial charge in [-0.3, -0.25) is 0 Å². The zero-order chi connectivity index (χ0) is 29.8. The molecule has 0 aliphatic carbocycles. The van der Waals surface area contributed by atoms with Crippen LogP contribution in [-0.2, 0) is 48.5 Å². The SMILES string of the molecule is CCCCCCCCCCCCCCCCCC(=O)[O-].CCCCCCCCCCCCCCCCCC(=O)[O-].[Cl-].[Cl-].[Zn+2].[Zn+2]. The Hall–Kier alpha value is 0.767. The first-order valence-electron chi connectivity index (χ1n) is 17.9. The minimum Gasteiger partial charge on any atom is -1.00 e. The number of hydrogen-bond acceptors (Lipinski definition) is 4. The van der Waals surface area contributed by atoms with E-state index in [1.54, 1.807) is 0 Å². The molecule has 0 rings (SSSR count). The smallest absolute Gasteiger partial charge is 1.00 e. The van der Waals surface area contributed by atoms with E-state index < -0.39 is 11.9 Å². The third-order valence-corrected chi connectivity index (χ3v) is 7.97. The molecule has 0 aromatic heterocycles. The summed E-state index contributed by atoms with van der Waals surface area (Å²) >= 11 is 0. The standard InChI is InChI=1S/2C18H36O2.2ClH.2Zn/c2*1-2-3-4-5-6-7-8-9-10-11-12-13-14-15-16-17-18(19)20;;;;/h2*2-17H2,1H3,(H,19,20);2*1H;;/q;;;;2*+2/p-4. The molecule has 0 atom stereocenters. The maximum Gasteiger partial charge on any atom is 2.00 e. The van der Waals surface area contributed by atoms with Crippen molar-refractivity contribution in [2.24, 2.45) is 0 Å². The Morgan fingerprint density at radius 3 is 0.591 bits per heavy atom. The molecule has 0 aliphatic rings. The fraction of sp³-hybridized carbons (Fsp3) is 0.944. The van der Waals surface area contributed by atoms with Gasteiger partial charge in [-0.1, -0.05) is 194 Å². The van der Waals surface area contributed by atoms with Crippen LogP contribution < -0.4 is 35.0 Å².